The molecule has 0 N–H and O–H groups in total. The molecule has 4 rings (SSSR count). The van der Waals surface area contributed by atoms with Crippen LogP contribution in [0, 0.1) is 0 Å². The fourth-order valence-corrected chi connectivity index (χ4v) is 3.76. The van der Waals surface area contributed by atoms with E-state index in [1.807, 2.05) is 79.7 Å². The summed E-state index contributed by atoms with van der Waals surface area (Å²) < 4.78 is 11.6. The van der Waals surface area contributed by atoms with E-state index in [4.69, 9.17) is 14.5 Å². The minimum Gasteiger partial charge on any atom is -0.497 e. The van der Waals surface area contributed by atoms with Crippen molar-refractivity contribution in [2.45, 2.75) is 6.92 Å². The first kappa shape index (κ1) is 20.9. The third-order valence-electron chi connectivity index (χ3n) is 4.80. The topological polar surface area (TPSA) is 51.1 Å². The minimum absolute atomic E-state index is 0.189. The second-order valence-electron chi connectivity index (χ2n) is 6.79. The highest BCUT2D eigenvalue weighted by Gasteiger charge is 2.33. The minimum atomic E-state index is -0.189. The lowest BCUT2D eigenvalue weighted by molar-refractivity contribution is -0.113. The zero-order valence-electron chi connectivity index (χ0n) is 17.2. The summed E-state index contributed by atoms with van der Waals surface area (Å²) in [7, 11) is 1.62. The Morgan fingerprint density at radius 1 is 0.968 bits per heavy atom. The predicted molar refractivity (Wildman–Crippen MR) is 127 cm³/mol. The zero-order valence-corrected chi connectivity index (χ0v) is 18.8. The van der Waals surface area contributed by atoms with Gasteiger partial charge in [-0.2, -0.15) is 0 Å². The zero-order chi connectivity index (χ0) is 21.8. The van der Waals surface area contributed by atoms with Crippen LogP contribution in [0.3, 0.4) is 0 Å². The molecule has 0 saturated carbocycles. The number of hydrogen-bond acceptors (Lipinski definition) is 4. The van der Waals surface area contributed by atoms with Crippen LogP contribution in [0.4, 0.5) is 5.69 Å². The van der Waals surface area contributed by atoms with Crippen molar-refractivity contribution in [1.82, 2.24) is 0 Å². The molecule has 0 atom stereocenters. The molecular weight excluding hydrogens is 456 g/mol. The summed E-state index contributed by atoms with van der Waals surface area (Å²) in [6, 6.07) is 22.7. The van der Waals surface area contributed by atoms with Crippen molar-refractivity contribution < 1.29 is 14.3 Å². The number of halogens is 1. The van der Waals surface area contributed by atoms with Crippen LogP contribution in [0.25, 0.3) is 6.08 Å². The first-order valence-corrected chi connectivity index (χ1v) is 10.7. The molecule has 0 bridgehead atoms. The normalized spacial score (nSPS) is 14.7. The molecule has 0 radical (unpaired) electrons. The number of benzene rings is 3. The molecule has 156 valence electrons. The molecule has 0 spiro atoms. The number of aliphatic imine (C=N–C) groups is 1. The SMILES string of the molecule is CCOc1ccc(N2C(=O)/C(=C\c3ccc(OC)cc3)N=C2c2ccccc2Br)cc1. The summed E-state index contributed by atoms with van der Waals surface area (Å²) in [4.78, 5) is 19.8. The van der Waals surface area contributed by atoms with Gasteiger partial charge in [0.15, 0.2) is 0 Å². The van der Waals surface area contributed by atoms with Gasteiger partial charge in [-0.05, 0) is 61.0 Å². The largest absolute Gasteiger partial charge is 0.497 e. The molecule has 5 nitrogen and oxygen atoms in total. The molecule has 0 unspecified atom stereocenters. The summed E-state index contributed by atoms with van der Waals surface area (Å²) in [5.74, 6) is 1.90. The van der Waals surface area contributed by atoms with E-state index < -0.39 is 0 Å². The van der Waals surface area contributed by atoms with E-state index in [0.717, 1.165) is 32.8 Å². The van der Waals surface area contributed by atoms with Gasteiger partial charge >= 0.3 is 0 Å². The second-order valence-corrected chi connectivity index (χ2v) is 7.64. The number of methoxy groups -OCH3 is 1. The number of carbonyl (C=O) groups excluding carboxylic acids is 1. The maximum atomic E-state index is 13.4. The molecule has 1 amide bonds. The fourth-order valence-electron chi connectivity index (χ4n) is 3.30. The summed E-state index contributed by atoms with van der Waals surface area (Å²) >= 11 is 3.59. The molecule has 1 heterocycles. The molecule has 1 aliphatic rings. The van der Waals surface area contributed by atoms with Crippen molar-refractivity contribution in [1.29, 1.82) is 0 Å². The highest BCUT2D eigenvalue weighted by molar-refractivity contribution is 9.10. The van der Waals surface area contributed by atoms with Gasteiger partial charge in [0.2, 0.25) is 0 Å². The monoisotopic (exact) mass is 476 g/mol. The highest BCUT2D eigenvalue weighted by Crippen LogP contribution is 2.31. The Labute approximate surface area is 189 Å². The third kappa shape index (κ3) is 4.39. The van der Waals surface area contributed by atoms with Gasteiger partial charge < -0.3 is 9.47 Å². The standard InChI is InChI=1S/C25H21BrN2O3/c1-3-31-20-14-10-18(11-15-20)28-24(21-6-4-5-7-22(21)26)27-23(25(28)29)16-17-8-12-19(30-2)13-9-17/h4-16H,3H2,1-2H3/b23-16+. The maximum Gasteiger partial charge on any atom is 0.282 e. The average Bonchev–Trinajstić information content (AvgIpc) is 3.11. The van der Waals surface area contributed by atoms with Crippen molar-refractivity contribution >= 4 is 39.4 Å². The van der Waals surface area contributed by atoms with E-state index in [-0.39, 0.29) is 5.91 Å². The summed E-state index contributed by atoms with van der Waals surface area (Å²) in [6.45, 7) is 2.52. The molecule has 0 saturated heterocycles. The molecular formula is C25H21BrN2O3. The van der Waals surface area contributed by atoms with E-state index in [1.54, 1.807) is 18.1 Å². The van der Waals surface area contributed by atoms with Gasteiger partial charge in [-0.3, -0.25) is 9.69 Å². The first-order valence-electron chi connectivity index (χ1n) is 9.87. The van der Waals surface area contributed by atoms with Gasteiger partial charge in [0, 0.05) is 10.0 Å². The lowest BCUT2D eigenvalue weighted by atomic mass is 10.1. The number of amidine groups is 1. The van der Waals surface area contributed by atoms with Gasteiger partial charge in [0.05, 0.1) is 19.4 Å². The molecule has 3 aromatic carbocycles. The van der Waals surface area contributed by atoms with Crippen LogP contribution in [0.5, 0.6) is 11.5 Å². The number of amides is 1. The number of rotatable bonds is 6. The van der Waals surface area contributed by atoms with Crippen LogP contribution in [-0.2, 0) is 4.79 Å². The average molecular weight is 477 g/mol. The van der Waals surface area contributed by atoms with Crippen LogP contribution >= 0.6 is 15.9 Å². The Kier molecular flexibility index (Phi) is 6.18. The molecule has 1 aliphatic heterocycles. The summed E-state index contributed by atoms with van der Waals surface area (Å²) in [5, 5.41) is 0. The van der Waals surface area contributed by atoms with Crippen molar-refractivity contribution in [3.05, 3.63) is 94.1 Å². The number of ether oxygens (including phenoxy) is 2. The van der Waals surface area contributed by atoms with Crippen LogP contribution in [0.15, 0.2) is 88.0 Å². The molecule has 31 heavy (non-hydrogen) atoms. The lowest BCUT2D eigenvalue weighted by Crippen LogP contribution is -2.32. The number of anilines is 1. The summed E-state index contributed by atoms with van der Waals surface area (Å²) in [6.07, 6.45) is 1.78. The Balaban J connectivity index is 1.77. The molecule has 0 aromatic heterocycles. The van der Waals surface area contributed by atoms with E-state index in [1.165, 1.54) is 0 Å². The number of hydrogen-bond donors (Lipinski definition) is 0. The van der Waals surface area contributed by atoms with Gasteiger partial charge in [-0.25, -0.2) is 4.99 Å². The van der Waals surface area contributed by atoms with Gasteiger partial charge in [0.25, 0.3) is 5.91 Å². The van der Waals surface area contributed by atoms with Crippen molar-refractivity contribution in [2.24, 2.45) is 4.99 Å². The Hall–Kier alpha value is -3.38. The van der Waals surface area contributed by atoms with E-state index in [9.17, 15) is 4.79 Å². The molecule has 6 heteroatoms. The Bertz CT molecular complexity index is 1150. The lowest BCUT2D eigenvalue weighted by Gasteiger charge is -2.19. The predicted octanol–water partition coefficient (Wildman–Crippen LogP) is 5.69. The van der Waals surface area contributed by atoms with Crippen LogP contribution in [0.2, 0.25) is 0 Å². The second kappa shape index (κ2) is 9.18. The van der Waals surface area contributed by atoms with Crippen LogP contribution < -0.4 is 14.4 Å². The highest BCUT2D eigenvalue weighted by atomic mass is 79.9. The smallest absolute Gasteiger partial charge is 0.282 e. The third-order valence-corrected chi connectivity index (χ3v) is 5.49. The maximum absolute atomic E-state index is 13.4. The number of carbonyl (C=O) groups is 1. The van der Waals surface area contributed by atoms with Gasteiger partial charge in [0.1, 0.15) is 23.0 Å². The molecule has 0 aliphatic carbocycles. The Morgan fingerprint density at radius 2 is 1.65 bits per heavy atom. The number of nitrogens with zero attached hydrogens (tertiary/aromatic N) is 2. The van der Waals surface area contributed by atoms with Crippen LogP contribution in [-0.4, -0.2) is 25.5 Å². The van der Waals surface area contributed by atoms with E-state index >= 15 is 0 Å². The van der Waals surface area contributed by atoms with Gasteiger partial charge in [-0.15, -0.1) is 0 Å². The summed E-state index contributed by atoms with van der Waals surface area (Å²) in [5.41, 5.74) is 2.79. The van der Waals surface area contributed by atoms with Crippen molar-refractivity contribution in [2.75, 3.05) is 18.6 Å². The Morgan fingerprint density at radius 3 is 2.29 bits per heavy atom. The van der Waals surface area contributed by atoms with E-state index in [2.05, 4.69) is 15.9 Å². The van der Waals surface area contributed by atoms with Gasteiger partial charge in [-0.1, -0.05) is 46.3 Å². The van der Waals surface area contributed by atoms with E-state index in [0.29, 0.717) is 18.1 Å². The van der Waals surface area contributed by atoms with Crippen molar-refractivity contribution in [3.8, 4) is 11.5 Å². The quantitative estimate of drug-likeness (QED) is 0.429. The molecule has 3 aromatic rings. The molecule has 0 fully saturated rings. The fraction of sp³-hybridized carbons (Fsp3) is 0.120. The first-order chi connectivity index (χ1) is 15.1. The van der Waals surface area contributed by atoms with Crippen LogP contribution in [0.1, 0.15) is 18.1 Å². The van der Waals surface area contributed by atoms with Crippen molar-refractivity contribution in [3.63, 3.8) is 0 Å².